The van der Waals surface area contributed by atoms with Crippen LogP contribution in [0, 0.1) is 5.92 Å². The van der Waals surface area contributed by atoms with Gasteiger partial charge in [-0.05, 0) is 132 Å². The van der Waals surface area contributed by atoms with Crippen LogP contribution in [-0.4, -0.2) is 124 Å². The van der Waals surface area contributed by atoms with Gasteiger partial charge in [-0.2, -0.15) is 0 Å². The normalized spacial score (nSPS) is 17.5. The van der Waals surface area contributed by atoms with Crippen molar-refractivity contribution in [2.75, 3.05) is 39.3 Å². The lowest BCUT2D eigenvalue weighted by atomic mass is 9.86. The minimum atomic E-state index is -0.915. The van der Waals surface area contributed by atoms with Gasteiger partial charge in [0.05, 0.1) is 22.1 Å². The lowest BCUT2D eigenvalue weighted by Gasteiger charge is -2.38. The molecule has 0 bridgehead atoms. The van der Waals surface area contributed by atoms with Crippen molar-refractivity contribution in [2.45, 2.75) is 142 Å². The second-order valence-corrected chi connectivity index (χ2v) is 25.0. The highest BCUT2D eigenvalue weighted by Gasteiger charge is 2.37. The van der Waals surface area contributed by atoms with Gasteiger partial charge in [0, 0.05) is 95.1 Å². The van der Waals surface area contributed by atoms with Crippen LogP contribution in [0.5, 0.6) is 0 Å². The van der Waals surface area contributed by atoms with E-state index in [0.29, 0.717) is 76.0 Å². The molecule has 2 saturated heterocycles. The van der Waals surface area contributed by atoms with E-state index in [0.717, 1.165) is 68.5 Å². The fourth-order valence-electron chi connectivity index (χ4n) is 13.2. The molecule has 18 heteroatoms. The zero-order valence-electron chi connectivity index (χ0n) is 51.8. The highest BCUT2D eigenvalue weighted by atomic mass is 16.6. The predicted octanol–water partition coefficient (Wildman–Crippen LogP) is 12.3. The molecule has 6 aromatic carbocycles. The third kappa shape index (κ3) is 16.3. The van der Waals surface area contributed by atoms with Gasteiger partial charge < -0.3 is 34.7 Å². The number of nitrogens with zero attached hydrogens (tertiary/aromatic N) is 7. The van der Waals surface area contributed by atoms with Crippen LogP contribution in [-0.2, 0) is 42.2 Å². The van der Waals surface area contributed by atoms with E-state index in [9.17, 15) is 33.9 Å². The highest BCUT2D eigenvalue weighted by molar-refractivity contribution is 6.06. The first-order valence-electron chi connectivity index (χ1n) is 31.5. The largest absolute Gasteiger partial charge is 0.465 e. The van der Waals surface area contributed by atoms with Gasteiger partial charge in [0.2, 0.25) is 0 Å². The van der Waals surface area contributed by atoms with E-state index < -0.39 is 17.8 Å². The molecule has 4 atom stereocenters. The number of likely N-dealkylation sites (tertiary alicyclic amines) is 2. The number of carbonyl (C=O) groups excluding carboxylic acids is 3. The Morgan fingerprint density at radius 3 is 1.84 bits per heavy atom. The number of rotatable bonds is 20. The number of nitrogens with one attached hydrogen (secondary N) is 2. The van der Waals surface area contributed by atoms with E-state index in [4.69, 9.17) is 9.47 Å². The summed E-state index contributed by atoms with van der Waals surface area (Å²) in [6.07, 6.45) is 3.50. The smallest absolute Gasteiger partial charge is 0.409 e. The maximum atomic E-state index is 13.9. The van der Waals surface area contributed by atoms with Crippen molar-refractivity contribution in [1.29, 1.82) is 0 Å². The molecule has 18 nitrogen and oxygen atoms in total. The molecule has 89 heavy (non-hydrogen) atoms. The van der Waals surface area contributed by atoms with Gasteiger partial charge in [0.1, 0.15) is 12.2 Å². The third-order valence-electron chi connectivity index (χ3n) is 17.6. The molecular formula is C71H85N9O9. The Hall–Kier alpha value is -8.74. The number of benzene rings is 6. The number of amides is 3. The molecule has 0 aliphatic carbocycles. The maximum absolute atomic E-state index is 13.9. The number of carboxylic acid groups (broad SMARTS) is 1. The Balaban J connectivity index is 0.000000197. The lowest BCUT2D eigenvalue weighted by Crippen LogP contribution is -2.47. The standard InChI is InChI=1S/C37H47N5O5.C34H38N4O4/c1-37(2,3)47-34(43)38-21-24-41-32-18-10-11-19-33(32)42(35(41)44)31-20-23-40(36(45)46)30(25-31)17-12-22-39(26-28-13-6-4-7-14-28)27-29-15-8-5-9-16-29;1-24(37(21-25-9-4-2-5-10-25)22-26-11-6-3-7-12-26)23-42-34(41)36-19-17-27(18-20-36)30-15-16-31(39)28-13-8-14-29-32(28)38(30)33(40)35-29/h4-11,13-16,18-19,30-31H,12,17,20-27H2,1-3H3,(H,38,43)(H,45,46);2-14,24,27,30H,15-23H2,1H3,(H,35,40)/t;24-,30-/m.0/s1. The molecule has 2 fully saturated rings. The van der Waals surface area contributed by atoms with Crippen LogP contribution in [0.15, 0.2) is 173 Å². The summed E-state index contributed by atoms with van der Waals surface area (Å²) in [4.78, 5) is 88.4. The van der Waals surface area contributed by atoms with Crippen molar-refractivity contribution >= 4 is 46.1 Å². The Labute approximate surface area is 520 Å². The average Bonchev–Trinajstić information content (AvgIpc) is 1.69. The fourth-order valence-corrected chi connectivity index (χ4v) is 13.2. The number of carbonyl (C=O) groups is 4. The monoisotopic (exact) mass is 1210 g/mol. The molecule has 3 aliphatic rings. The Morgan fingerprint density at radius 2 is 1.26 bits per heavy atom. The number of alkyl carbamates (subject to hydrolysis) is 1. The minimum Gasteiger partial charge on any atom is -0.465 e. The van der Waals surface area contributed by atoms with Crippen molar-refractivity contribution < 1.29 is 33.8 Å². The first-order valence-corrected chi connectivity index (χ1v) is 31.5. The number of para-hydroxylation sites is 3. The van der Waals surface area contributed by atoms with Gasteiger partial charge in [-0.15, -0.1) is 0 Å². The van der Waals surface area contributed by atoms with Crippen LogP contribution in [0.4, 0.5) is 14.4 Å². The molecule has 3 N–H and O–H groups in total. The second kappa shape index (κ2) is 29.5. The van der Waals surface area contributed by atoms with Gasteiger partial charge in [-0.1, -0.05) is 140 Å². The zero-order chi connectivity index (χ0) is 62.4. The summed E-state index contributed by atoms with van der Waals surface area (Å²) in [7, 11) is 0. The van der Waals surface area contributed by atoms with Gasteiger partial charge in [0.15, 0.2) is 5.78 Å². The van der Waals surface area contributed by atoms with Gasteiger partial charge in [-0.25, -0.2) is 24.0 Å². The van der Waals surface area contributed by atoms with E-state index in [1.54, 1.807) is 35.1 Å². The summed E-state index contributed by atoms with van der Waals surface area (Å²) >= 11 is 0. The molecule has 8 aromatic rings. The first-order chi connectivity index (χ1) is 43.1. The van der Waals surface area contributed by atoms with Crippen molar-refractivity contribution in [3.63, 3.8) is 0 Å². The molecule has 3 aliphatic heterocycles. The van der Waals surface area contributed by atoms with E-state index in [2.05, 4.69) is 99.8 Å². The number of hydrogen-bond acceptors (Lipinski definition) is 10. The topological polar surface area (TPSA) is 197 Å². The van der Waals surface area contributed by atoms with Crippen LogP contribution < -0.4 is 16.7 Å². The number of Topliss-reactive ketones (excluding diaryl/α,β-unsaturated/α-hetero) is 1. The first kappa shape index (κ1) is 63.3. The van der Waals surface area contributed by atoms with E-state index >= 15 is 0 Å². The summed E-state index contributed by atoms with van der Waals surface area (Å²) in [5.74, 6) is 0.287. The molecule has 2 unspecified atom stereocenters. The Bertz CT molecular complexity index is 3680. The molecule has 0 radical (unpaired) electrons. The van der Waals surface area contributed by atoms with Crippen LogP contribution >= 0.6 is 0 Å². The molecule has 5 heterocycles. The summed E-state index contributed by atoms with van der Waals surface area (Å²) in [6, 6.07) is 54.3. The summed E-state index contributed by atoms with van der Waals surface area (Å²) in [6.45, 7) is 13.8. The van der Waals surface area contributed by atoms with Crippen LogP contribution in [0.3, 0.4) is 0 Å². The van der Waals surface area contributed by atoms with Crippen LogP contribution in [0.25, 0.3) is 22.1 Å². The maximum Gasteiger partial charge on any atom is 0.409 e. The number of piperidine rings is 2. The number of ketones is 1. The van der Waals surface area contributed by atoms with E-state index in [1.165, 1.54) is 22.3 Å². The Morgan fingerprint density at radius 1 is 0.685 bits per heavy atom. The molecule has 2 aromatic heterocycles. The molecule has 3 amide bonds. The number of H-pyrrole nitrogens is 1. The third-order valence-corrected chi connectivity index (χ3v) is 17.6. The highest BCUT2D eigenvalue weighted by Crippen LogP contribution is 2.38. The number of ether oxygens (including phenoxy) is 2. The van der Waals surface area contributed by atoms with E-state index in [1.807, 2.05) is 100 Å². The second-order valence-electron chi connectivity index (χ2n) is 25.0. The van der Waals surface area contributed by atoms with Crippen LogP contribution in [0.1, 0.15) is 124 Å². The molecule has 468 valence electrons. The molecule has 0 spiro atoms. The average molecular weight is 1210 g/mol. The summed E-state index contributed by atoms with van der Waals surface area (Å²) in [5.41, 5.74) is 7.66. The minimum absolute atomic E-state index is 0.0263. The predicted molar refractivity (Wildman–Crippen MR) is 346 cm³/mol. The molecule has 11 rings (SSSR count). The molecular weight excluding hydrogens is 1120 g/mol. The SMILES string of the molecule is CC(C)(C)OC(=O)NCCn1c(=O)n(C2CCN(C(=O)O)C(CCCN(Cc3ccccc3)Cc3ccccc3)C2)c2ccccc21.C[C@@H](COC(=O)N1CCC([C@@H]2CCC(=O)c3cccc4[nH]c(=O)n2c34)CC1)N(Cc1ccccc1)Cc1ccccc1. The molecule has 0 saturated carbocycles. The quantitative estimate of drug-likeness (QED) is 0.0656. The zero-order valence-corrected chi connectivity index (χ0v) is 51.8. The van der Waals surface area contributed by atoms with E-state index in [-0.39, 0.29) is 59.9 Å². The van der Waals surface area contributed by atoms with Crippen molar-refractivity contribution in [3.8, 4) is 0 Å². The fraction of sp³-hybridized carbons (Fsp3) is 0.408. The Kier molecular flexibility index (Phi) is 21.0. The lowest BCUT2D eigenvalue weighted by molar-refractivity contribution is 0.0518. The number of fused-ring (bicyclic) bond motifs is 1. The van der Waals surface area contributed by atoms with Gasteiger partial charge in [0.25, 0.3) is 0 Å². The summed E-state index contributed by atoms with van der Waals surface area (Å²) < 4.78 is 16.5. The number of imidazole rings is 2. The summed E-state index contributed by atoms with van der Waals surface area (Å²) in [5, 5.41) is 12.9. The number of aromatic nitrogens is 4. The van der Waals surface area contributed by atoms with Crippen LogP contribution in [0.2, 0.25) is 0 Å². The van der Waals surface area contributed by atoms with Gasteiger partial charge in [-0.3, -0.25) is 28.3 Å². The van der Waals surface area contributed by atoms with Crippen molar-refractivity contribution in [1.82, 2.24) is 43.6 Å². The van der Waals surface area contributed by atoms with Crippen molar-refractivity contribution in [2.24, 2.45) is 5.92 Å². The number of hydrogen-bond donors (Lipinski definition) is 3. The number of aromatic amines is 1. The van der Waals surface area contributed by atoms with Gasteiger partial charge >= 0.3 is 29.7 Å². The van der Waals surface area contributed by atoms with Crippen molar-refractivity contribution in [3.05, 3.63) is 213 Å².